The van der Waals surface area contributed by atoms with Crippen LogP contribution in [0.3, 0.4) is 0 Å². The van der Waals surface area contributed by atoms with Gasteiger partial charge in [0.05, 0.1) is 12.2 Å². The number of hydrogen-bond acceptors (Lipinski definition) is 2. The van der Waals surface area contributed by atoms with Crippen molar-refractivity contribution in [3.63, 3.8) is 0 Å². The highest BCUT2D eigenvalue weighted by atomic mass is 35.5. The molecule has 4 heteroatoms. The summed E-state index contributed by atoms with van der Waals surface area (Å²) in [6.45, 7) is 2.97. The molecule has 0 aliphatic carbocycles. The largest absolute Gasteiger partial charge is 0.494 e. The maximum atomic E-state index is 11.4. The lowest BCUT2D eigenvalue weighted by atomic mass is 9.93. The molecule has 0 unspecified atom stereocenters. The zero-order chi connectivity index (χ0) is 21.2. The number of carboxylic acids is 1. The summed E-state index contributed by atoms with van der Waals surface area (Å²) >= 11 is 0. The molecule has 0 saturated heterocycles. The maximum Gasteiger partial charge on any atom is 0.335 e. The number of unbranched alkanes of at least 4 members (excludes halogenated alkanes) is 5. The third-order valence-electron chi connectivity index (χ3n) is 5.26. The van der Waals surface area contributed by atoms with E-state index in [1.807, 2.05) is 36.4 Å². The molecular formula is C27H31ClO3. The van der Waals surface area contributed by atoms with Gasteiger partial charge in [0.15, 0.2) is 0 Å². The molecule has 0 atom stereocenters. The number of ether oxygens (including phenoxy) is 1. The summed E-state index contributed by atoms with van der Waals surface area (Å²) in [7, 11) is 0. The molecule has 0 radical (unpaired) electrons. The number of benzene rings is 3. The predicted molar refractivity (Wildman–Crippen MR) is 130 cm³/mol. The molecule has 3 aromatic rings. The number of halogens is 1. The van der Waals surface area contributed by atoms with Gasteiger partial charge in [0.1, 0.15) is 5.75 Å². The van der Waals surface area contributed by atoms with E-state index >= 15 is 0 Å². The summed E-state index contributed by atoms with van der Waals surface area (Å²) in [5, 5.41) is 9.33. The van der Waals surface area contributed by atoms with E-state index in [0.29, 0.717) is 5.56 Å². The molecule has 3 nitrogen and oxygen atoms in total. The molecule has 0 aliphatic heterocycles. The van der Waals surface area contributed by atoms with Gasteiger partial charge in [-0.05, 0) is 52.9 Å². The molecule has 1 N–H and O–H groups in total. The first-order chi connectivity index (χ1) is 14.7. The lowest BCUT2D eigenvalue weighted by molar-refractivity contribution is 0.0697. The minimum Gasteiger partial charge on any atom is -0.494 e. The van der Waals surface area contributed by atoms with E-state index < -0.39 is 5.97 Å². The normalized spacial score (nSPS) is 10.4. The van der Waals surface area contributed by atoms with Gasteiger partial charge in [0.25, 0.3) is 0 Å². The minimum absolute atomic E-state index is 0. The van der Waals surface area contributed by atoms with Crippen LogP contribution in [0.4, 0.5) is 0 Å². The summed E-state index contributed by atoms with van der Waals surface area (Å²) < 4.78 is 5.99. The van der Waals surface area contributed by atoms with Gasteiger partial charge in [-0.1, -0.05) is 87.6 Å². The van der Waals surface area contributed by atoms with Crippen LogP contribution in [0.2, 0.25) is 0 Å². The number of aromatic carboxylic acids is 1. The second-order valence-electron chi connectivity index (χ2n) is 7.58. The first kappa shape index (κ1) is 24.5. The number of carbonyl (C=O) groups is 1. The molecule has 0 spiro atoms. The Labute approximate surface area is 191 Å². The van der Waals surface area contributed by atoms with Gasteiger partial charge in [-0.2, -0.15) is 0 Å². The highest BCUT2D eigenvalue weighted by Gasteiger charge is 2.10. The van der Waals surface area contributed by atoms with Crippen LogP contribution in [-0.4, -0.2) is 17.7 Å². The second kappa shape index (κ2) is 12.8. The average molecular weight is 439 g/mol. The Morgan fingerprint density at radius 1 is 0.774 bits per heavy atom. The van der Waals surface area contributed by atoms with Crippen LogP contribution in [0.25, 0.3) is 22.3 Å². The number of hydrogen-bond donors (Lipinski definition) is 1. The highest BCUT2D eigenvalue weighted by Crippen LogP contribution is 2.34. The molecule has 0 aliphatic rings. The van der Waals surface area contributed by atoms with Gasteiger partial charge in [-0.3, -0.25) is 0 Å². The standard InChI is InChI=1S/C27H30O3.ClH/c1-2-3-4-5-6-9-18-30-24-15-11-13-22(20-24)26-17-8-7-16-25(26)21-12-10-14-23(19-21)27(28)29;/h7-8,10-17,19-20H,2-6,9,18H2,1H3,(H,28,29);1H. The summed E-state index contributed by atoms with van der Waals surface area (Å²) in [5.74, 6) is -0.0467. The van der Waals surface area contributed by atoms with Gasteiger partial charge >= 0.3 is 5.97 Å². The fraction of sp³-hybridized carbons (Fsp3) is 0.296. The summed E-state index contributed by atoms with van der Waals surface area (Å²) in [4.78, 5) is 11.4. The first-order valence-electron chi connectivity index (χ1n) is 10.8. The van der Waals surface area contributed by atoms with Crippen LogP contribution in [0, 0.1) is 0 Å². The van der Waals surface area contributed by atoms with E-state index in [1.54, 1.807) is 18.2 Å². The van der Waals surface area contributed by atoms with Crippen molar-refractivity contribution < 1.29 is 14.6 Å². The van der Waals surface area contributed by atoms with Gasteiger partial charge in [-0.25, -0.2) is 4.79 Å². The van der Waals surface area contributed by atoms with Crippen molar-refractivity contribution in [2.45, 2.75) is 45.4 Å². The Bertz CT molecular complexity index is 968. The number of carboxylic acid groups (broad SMARTS) is 1. The second-order valence-corrected chi connectivity index (χ2v) is 7.58. The molecule has 164 valence electrons. The van der Waals surface area contributed by atoms with Crippen LogP contribution in [0.1, 0.15) is 55.8 Å². The Balaban J connectivity index is 0.00000341. The van der Waals surface area contributed by atoms with Crippen molar-refractivity contribution in [2.24, 2.45) is 0 Å². The quantitative estimate of drug-likeness (QED) is 0.309. The van der Waals surface area contributed by atoms with Crippen molar-refractivity contribution >= 4 is 18.4 Å². The van der Waals surface area contributed by atoms with Crippen LogP contribution in [0.5, 0.6) is 5.75 Å². The SMILES string of the molecule is CCCCCCCCOc1cccc(-c2ccccc2-c2cccc(C(=O)O)c2)c1.Cl. The van der Waals surface area contributed by atoms with Crippen molar-refractivity contribution in [2.75, 3.05) is 6.61 Å². The lowest BCUT2D eigenvalue weighted by Crippen LogP contribution is -1.98. The Hall–Kier alpha value is -2.78. The maximum absolute atomic E-state index is 11.4. The summed E-state index contributed by atoms with van der Waals surface area (Å²) in [6.07, 6.45) is 7.46. The Morgan fingerprint density at radius 3 is 2.06 bits per heavy atom. The molecule has 0 amide bonds. The molecule has 0 bridgehead atoms. The molecule has 0 heterocycles. The third-order valence-corrected chi connectivity index (χ3v) is 5.26. The monoisotopic (exact) mass is 438 g/mol. The smallest absolute Gasteiger partial charge is 0.335 e. The molecule has 0 aromatic heterocycles. The van der Waals surface area contributed by atoms with E-state index in [1.165, 1.54) is 32.1 Å². The molecule has 3 rings (SSSR count). The van der Waals surface area contributed by atoms with Gasteiger partial charge in [0, 0.05) is 0 Å². The van der Waals surface area contributed by atoms with Crippen molar-refractivity contribution in [3.8, 4) is 28.0 Å². The van der Waals surface area contributed by atoms with Crippen LogP contribution in [0.15, 0.2) is 72.8 Å². The van der Waals surface area contributed by atoms with Crippen molar-refractivity contribution in [3.05, 3.63) is 78.4 Å². The van der Waals surface area contributed by atoms with Gasteiger partial charge in [-0.15, -0.1) is 12.4 Å². The molecule has 31 heavy (non-hydrogen) atoms. The average Bonchev–Trinajstić information content (AvgIpc) is 2.79. The lowest BCUT2D eigenvalue weighted by Gasteiger charge is -2.13. The first-order valence-corrected chi connectivity index (χ1v) is 10.8. The summed E-state index contributed by atoms with van der Waals surface area (Å²) in [5.41, 5.74) is 4.31. The predicted octanol–water partition coefficient (Wildman–Crippen LogP) is 7.88. The van der Waals surface area contributed by atoms with Crippen LogP contribution < -0.4 is 4.74 Å². The van der Waals surface area contributed by atoms with Crippen molar-refractivity contribution in [1.82, 2.24) is 0 Å². The zero-order valence-electron chi connectivity index (χ0n) is 18.0. The van der Waals surface area contributed by atoms with Crippen LogP contribution >= 0.6 is 12.4 Å². The topological polar surface area (TPSA) is 46.5 Å². The van der Waals surface area contributed by atoms with E-state index in [9.17, 15) is 9.90 Å². The molecule has 0 saturated carbocycles. The molecule has 0 fully saturated rings. The molecular weight excluding hydrogens is 408 g/mol. The Kier molecular flexibility index (Phi) is 10.1. The van der Waals surface area contributed by atoms with Crippen molar-refractivity contribution in [1.29, 1.82) is 0 Å². The van der Waals surface area contributed by atoms with E-state index in [4.69, 9.17) is 4.74 Å². The third kappa shape index (κ3) is 7.15. The zero-order valence-corrected chi connectivity index (χ0v) is 18.9. The number of rotatable bonds is 11. The van der Waals surface area contributed by atoms with E-state index in [-0.39, 0.29) is 12.4 Å². The Morgan fingerprint density at radius 2 is 1.39 bits per heavy atom. The van der Waals surface area contributed by atoms with E-state index in [2.05, 4.69) is 25.1 Å². The van der Waals surface area contributed by atoms with Crippen LogP contribution in [-0.2, 0) is 0 Å². The summed E-state index contributed by atoms with van der Waals surface area (Å²) in [6, 6.07) is 23.3. The highest BCUT2D eigenvalue weighted by molar-refractivity contribution is 5.91. The van der Waals surface area contributed by atoms with E-state index in [0.717, 1.165) is 41.0 Å². The van der Waals surface area contributed by atoms with Gasteiger partial charge < -0.3 is 9.84 Å². The van der Waals surface area contributed by atoms with Gasteiger partial charge in [0.2, 0.25) is 0 Å². The fourth-order valence-corrected chi connectivity index (χ4v) is 3.63. The fourth-order valence-electron chi connectivity index (χ4n) is 3.63. The molecule has 3 aromatic carbocycles. The minimum atomic E-state index is -0.917.